The summed E-state index contributed by atoms with van der Waals surface area (Å²) in [6.07, 6.45) is 1.86. The van der Waals surface area contributed by atoms with Crippen LogP contribution in [-0.4, -0.2) is 0 Å². The van der Waals surface area contributed by atoms with Gasteiger partial charge in [0, 0.05) is 15.7 Å². The first-order valence-electron chi connectivity index (χ1n) is 8.40. The van der Waals surface area contributed by atoms with Crippen molar-refractivity contribution in [1.82, 2.24) is 0 Å². The molecule has 0 bridgehead atoms. The van der Waals surface area contributed by atoms with Crippen molar-refractivity contribution < 1.29 is 4.42 Å². The van der Waals surface area contributed by atoms with E-state index in [0.29, 0.717) is 23.7 Å². The molecule has 0 aliphatic carbocycles. The first-order valence-corrected chi connectivity index (χ1v) is 9.21. The molecule has 2 aromatic rings. The van der Waals surface area contributed by atoms with Gasteiger partial charge in [-0.05, 0) is 41.5 Å². The van der Waals surface area contributed by atoms with Gasteiger partial charge in [0.05, 0.1) is 6.26 Å². The van der Waals surface area contributed by atoms with Gasteiger partial charge >= 0.3 is 0 Å². The first kappa shape index (κ1) is 19.0. The van der Waals surface area contributed by atoms with Crippen molar-refractivity contribution in [2.75, 3.05) is 0 Å². The molecular weight excluding hydrogens is 288 g/mol. The van der Waals surface area contributed by atoms with Crippen molar-refractivity contribution in [3.63, 3.8) is 0 Å². The van der Waals surface area contributed by atoms with Crippen LogP contribution in [0.3, 0.4) is 0 Å². The maximum absolute atomic E-state index is 5.39. The fraction of sp³-hybridized carbons (Fsp3) is 0.600. The van der Waals surface area contributed by atoms with Gasteiger partial charge in [0.15, 0.2) is 0 Å². The first-order chi connectivity index (χ1) is 10.2. The van der Waals surface area contributed by atoms with Gasteiger partial charge in [0.2, 0.25) is 0 Å². The van der Waals surface area contributed by atoms with Crippen molar-refractivity contribution in [1.29, 1.82) is 0 Å². The normalized spacial score (nSPS) is 11.5. The van der Waals surface area contributed by atoms with Crippen LogP contribution >= 0.6 is 11.3 Å². The van der Waals surface area contributed by atoms with E-state index < -0.39 is 0 Å². The van der Waals surface area contributed by atoms with Crippen LogP contribution in [0.1, 0.15) is 100 Å². The van der Waals surface area contributed by atoms with Crippen molar-refractivity contribution in [2.45, 2.75) is 79.1 Å². The molecule has 0 N–H and O–H groups in total. The zero-order valence-electron chi connectivity index (χ0n) is 15.4. The molecule has 0 saturated heterocycles. The molecule has 2 heterocycles. The predicted molar refractivity (Wildman–Crippen MR) is 99.4 cm³/mol. The van der Waals surface area contributed by atoms with E-state index in [2.05, 4.69) is 73.6 Å². The van der Waals surface area contributed by atoms with Crippen LogP contribution in [-0.2, 0) is 0 Å². The number of hydrogen-bond donors (Lipinski definition) is 0. The Morgan fingerprint density at radius 2 is 1.23 bits per heavy atom. The largest absolute Gasteiger partial charge is 0.469 e. The molecule has 0 unspecified atom stereocenters. The summed E-state index contributed by atoms with van der Waals surface area (Å²) in [5.41, 5.74) is 1.30. The van der Waals surface area contributed by atoms with Crippen LogP contribution in [0, 0.1) is 0 Å². The van der Waals surface area contributed by atoms with Crippen molar-refractivity contribution in [2.24, 2.45) is 0 Å². The Hall–Kier alpha value is -1.02. The molecule has 0 aromatic carbocycles. The molecule has 0 atom stereocenters. The Bertz CT molecular complexity index is 448. The summed E-state index contributed by atoms with van der Waals surface area (Å²) in [4.78, 5) is 3.02. The highest BCUT2D eigenvalue weighted by Crippen LogP contribution is 2.28. The van der Waals surface area contributed by atoms with Crippen LogP contribution in [0.15, 0.2) is 28.9 Å². The summed E-state index contributed by atoms with van der Waals surface area (Å²) >= 11 is 1.95. The molecule has 0 saturated carbocycles. The third-order valence-corrected chi connectivity index (χ3v) is 5.35. The zero-order valence-corrected chi connectivity index (χ0v) is 16.3. The lowest BCUT2D eigenvalue weighted by atomic mass is 10.1. The third-order valence-electron chi connectivity index (χ3n) is 3.66. The maximum atomic E-state index is 5.39. The SMILES string of the molecule is CC(C)c1ccc(C(C)C)s1.CC(C)c1coc(C(C)C)c1. The van der Waals surface area contributed by atoms with E-state index in [1.165, 1.54) is 15.3 Å². The van der Waals surface area contributed by atoms with E-state index in [1.54, 1.807) is 0 Å². The van der Waals surface area contributed by atoms with Crippen LogP contribution < -0.4 is 0 Å². The predicted octanol–water partition coefficient (Wildman–Crippen LogP) is 7.52. The topological polar surface area (TPSA) is 13.1 Å². The van der Waals surface area contributed by atoms with Gasteiger partial charge in [-0.3, -0.25) is 0 Å². The molecule has 0 spiro atoms. The Kier molecular flexibility index (Phi) is 7.41. The average molecular weight is 321 g/mol. The second-order valence-electron chi connectivity index (χ2n) is 7.14. The lowest BCUT2D eigenvalue weighted by molar-refractivity contribution is 0.484. The molecule has 0 radical (unpaired) electrons. The summed E-state index contributed by atoms with van der Waals surface area (Å²) in [6, 6.07) is 6.66. The maximum Gasteiger partial charge on any atom is 0.106 e. The second-order valence-corrected chi connectivity index (χ2v) is 8.29. The van der Waals surface area contributed by atoms with Gasteiger partial charge < -0.3 is 4.42 Å². The number of rotatable bonds is 4. The van der Waals surface area contributed by atoms with E-state index >= 15 is 0 Å². The van der Waals surface area contributed by atoms with Crippen LogP contribution in [0.4, 0.5) is 0 Å². The highest BCUT2D eigenvalue weighted by Gasteiger charge is 2.07. The van der Waals surface area contributed by atoms with Crippen molar-refractivity contribution in [3.8, 4) is 0 Å². The molecule has 22 heavy (non-hydrogen) atoms. The molecule has 2 aromatic heterocycles. The van der Waals surface area contributed by atoms with Crippen LogP contribution in [0.5, 0.6) is 0 Å². The summed E-state index contributed by atoms with van der Waals surface area (Å²) < 4.78 is 5.39. The third kappa shape index (κ3) is 5.64. The summed E-state index contributed by atoms with van der Waals surface area (Å²) in [6.45, 7) is 17.6. The Morgan fingerprint density at radius 1 is 0.727 bits per heavy atom. The molecule has 2 rings (SSSR count). The van der Waals surface area contributed by atoms with E-state index in [9.17, 15) is 0 Å². The smallest absolute Gasteiger partial charge is 0.106 e. The van der Waals surface area contributed by atoms with Gasteiger partial charge in [-0.15, -0.1) is 11.3 Å². The molecule has 0 fully saturated rings. The Labute approximate surface area is 140 Å². The van der Waals surface area contributed by atoms with Gasteiger partial charge in [0.1, 0.15) is 5.76 Å². The van der Waals surface area contributed by atoms with E-state index in [4.69, 9.17) is 4.42 Å². The minimum atomic E-state index is 0.502. The summed E-state index contributed by atoms with van der Waals surface area (Å²) in [5.74, 6) is 3.54. The molecule has 2 heteroatoms. The fourth-order valence-corrected chi connectivity index (χ4v) is 2.98. The zero-order chi connectivity index (χ0) is 16.9. The Morgan fingerprint density at radius 3 is 1.45 bits per heavy atom. The standard InChI is InChI=1S/C10H16O.C10H16S/c1-7(2)9-5-10(8(3)4)11-6-9;1-7(2)9-5-6-10(11-9)8(3)4/h2*5-8H,1-4H3. The van der Waals surface area contributed by atoms with E-state index in [0.717, 1.165) is 5.76 Å². The monoisotopic (exact) mass is 320 g/mol. The molecule has 0 amide bonds. The molecule has 1 nitrogen and oxygen atoms in total. The molecule has 0 aliphatic rings. The van der Waals surface area contributed by atoms with E-state index in [-0.39, 0.29) is 0 Å². The van der Waals surface area contributed by atoms with Crippen LogP contribution in [0.2, 0.25) is 0 Å². The number of furan rings is 1. The van der Waals surface area contributed by atoms with Crippen LogP contribution in [0.25, 0.3) is 0 Å². The quantitative estimate of drug-likeness (QED) is 0.567. The summed E-state index contributed by atoms with van der Waals surface area (Å²) in [5, 5.41) is 0. The lowest BCUT2D eigenvalue weighted by Gasteiger charge is -2.00. The number of hydrogen-bond acceptors (Lipinski definition) is 2. The summed E-state index contributed by atoms with van der Waals surface area (Å²) in [7, 11) is 0. The number of thiophene rings is 1. The molecular formula is C20H32OS. The highest BCUT2D eigenvalue weighted by atomic mass is 32.1. The van der Waals surface area contributed by atoms with Crippen molar-refractivity contribution in [3.05, 3.63) is 45.5 Å². The second kappa shape index (κ2) is 8.57. The molecule has 124 valence electrons. The minimum Gasteiger partial charge on any atom is -0.469 e. The average Bonchev–Trinajstić information content (AvgIpc) is 3.09. The van der Waals surface area contributed by atoms with Gasteiger partial charge in [-0.1, -0.05) is 55.4 Å². The van der Waals surface area contributed by atoms with Gasteiger partial charge in [-0.2, -0.15) is 0 Å². The fourth-order valence-electron chi connectivity index (χ4n) is 1.96. The molecule has 0 aliphatic heterocycles. The van der Waals surface area contributed by atoms with Gasteiger partial charge in [0.25, 0.3) is 0 Å². The minimum absolute atomic E-state index is 0.502. The highest BCUT2D eigenvalue weighted by molar-refractivity contribution is 7.12. The van der Waals surface area contributed by atoms with E-state index in [1.807, 2.05) is 17.6 Å². The van der Waals surface area contributed by atoms with Crippen molar-refractivity contribution >= 4 is 11.3 Å². The lowest BCUT2D eigenvalue weighted by Crippen LogP contribution is -1.83. The van der Waals surface area contributed by atoms with Gasteiger partial charge in [-0.25, -0.2) is 0 Å². The Balaban J connectivity index is 0.000000220.